The summed E-state index contributed by atoms with van der Waals surface area (Å²) >= 11 is 0. The normalized spacial score (nSPS) is 14.4. The lowest BCUT2D eigenvalue weighted by Gasteiger charge is -2.36. The lowest BCUT2D eigenvalue weighted by molar-refractivity contribution is -0.149. The molecule has 3 aliphatic rings. The van der Waals surface area contributed by atoms with E-state index in [2.05, 4.69) is 270 Å². The maximum absolute atomic E-state index is 13.8. The van der Waals surface area contributed by atoms with Gasteiger partial charge in [-0.2, -0.15) is 0 Å². The third-order valence-corrected chi connectivity index (χ3v) is 21.1. The molecule has 0 radical (unpaired) electrons. The number of unbranched alkanes of at least 4 members (excludes halogenated alkanes) is 2. The van der Waals surface area contributed by atoms with Crippen LogP contribution in [0.3, 0.4) is 0 Å². The first-order chi connectivity index (χ1) is 52.0. The van der Waals surface area contributed by atoms with E-state index >= 15 is 0 Å². The summed E-state index contributed by atoms with van der Waals surface area (Å²) in [5, 5.41) is 30.5. The van der Waals surface area contributed by atoms with Crippen LogP contribution in [0.4, 0.5) is 0 Å². The zero-order chi connectivity index (χ0) is 73.2. The van der Waals surface area contributed by atoms with Crippen LogP contribution in [0.5, 0.6) is 0 Å². The van der Waals surface area contributed by atoms with Crippen molar-refractivity contribution in [3.05, 3.63) is 335 Å². The second-order valence-electron chi connectivity index (χ2n) is 27.9. The number of nitrogens with one attached hydrogen (secondary N) is 1. The molecular formula is C91H93N11O4. The standard InChI is InChI=1S/C45H43N5O.C38H35N5O.C8H15NO2/c1-2-3-23-39-32-44(30-15-16-31-44)43(51)49(39)33-34-26-28-35(29-27-34)40-24-13-14-25-41(40)42-46-47-48-50(42)45(36-17-7-4-8-18-36,37-19-9-5-10-20-37)38-21-11-6-12-22-38;1-2-3-23-36(44)39-28-29-24-26-30(27-25-29)34-21-13-14-22-35(34)37-40-41-42-43(37)38(31-15-7-4-8-16-31,32-17-9-5-10-18-32)33-19-11-6-12-20-33;1-2-11-7(10)8(9)5-3-4-6-8/h4-14,17-22,24-29,32H,2-3,15-16,23,30-31,33H2,1H3;4-22,24-27H,2-3,23,28H2,1H3,(H,39,44);2-6,9H2,1H3. The first-order valence-corrected chi connectivity index (χ1v) is 37.6. The fraction of sp³-hybridized carbons (Fsp3) is 0.264. The largest absolute Gasteiger partial charge is 0.465 e. The number of benzene rings is 10. The lowest BCUT2D eigenvalue weighted by Crippen LogP contribution is -2.46. The Morgan fingerprint density at radius 2 is 0.830 bits per heavy atom. The first-order valence-electron chi connectivity index (χ1n) is 37.6. The number of carbonyl (C=O) groups excluding carboxylic acids is 3. The molecule has 0 saturated heterocycles. The average Bonchev–Trinajstić information content (AvgIpc) is 1.20. The van der Waals surface area contributed by atoms with Crippen LogP contribution in [0, 0.1) is 5.41 Å². The molecule has 3 N–H and O–H groups in total. The summed E-state index contributed by atoms with van der Waals surface area (Å²) in [6.45, 7) is 7.65. The Labute approximate surface area is 622 Å². The van der Waals surface area contributed by atoms with E-state index in [1.165, 1.54) is 5.70 Å². The highest BCUT2D eigenvalue weighted by atomic mass is 16.5. The van der Waals surface area contributed by atoms with Crippen LogP contribution in [0.1, 0.15) is 155 Å². The second-order valence-corrected chi connectivity index (χ2v) is 27.9. The van der Waals surface area contributed by atoms with E-state index in [0.717, 1.165) is 161 Å². The van der Waals surface area contributed by atoms with Crippen molar-refractivity contribution >= 4 is 17.8 Å². The topological polar surface area (TPSA) is 189 Å². The maximum atomic E-state index is 13.8. The molecule has 0 atom stereocenters. The minimum atomic E-state index is -0.846. The minimum absolute atomic E-state index is 0.0897. The van der Waals surface area contributed by atoms with Gasteiger partial charge in [-0.15, -0.1) is 10.2 Å². The van der Waals surface area contributed by atoms with Crippen LogP contribution in [-0.2, 0) is 43.3 Å². The van der Waals surface area contributed by atoms with Gasteiger partial charge < -0.3 is 20.7 Å². The number of aromatic nitrogens is 8. The zero-order valence-corrected chi connectivity index (χ0v) is 60.9. The number of carbonyl (C=O) groups is 3. The van der Waals surface area contributed by atoms with E-state index in [-0.39, 0.29) is 17.3 Å². The summed E-state index contributed by atoms with van der Waals surface area (Å²) in [5.41, 5.74) is 18.9. The van der Waals surface area contributed by atoms with Crippen LogP contribution in [0.2, 0.25) is 0 Å². The van der Waals surface area contributed by atoms with Gasteiger partial charge in [0.15, 0.2) is 11.6 Å². The number of nitrogens with zero attached hydrogens (tertiary/aromatic N) is 9. The maximum Gasteiger partial charge on any atom is 0.326 e. The van der Waals surface area contributed by atoms with Crippen molar-refractivity contribution in [2.24, 2.45) is 11.1 Å². The number of amides is 2. The van der Waals surface area contributed by atoms with Crippen LogP contribution in [0.15, 0.2) is 291 Å². The Morgan fingerprint density at radius 1 is 0.462 bits per heavy atom. The third-order valence-electron chi connectivity index (χ3n) is 21.1. The molecule has 2 aliphatic carbocycles. The van der Waals surface area contributed by atoms with Crippen molar-refractivity contribution in [1.29, 1.82) is 0 Å². The summed E-state index contributed by atoms with van der Waals surface area (Å²) in [6, 6.07) is 96.3. The van der Waals surface area contributed by atoms with Crippen LogP contribution < -0.4 is 11.1 Å². The van der Waals surface area contributed by atoms with Gasteiger partial charge in [0.2, 0.25) is 11.8 Å². The molecule has 10 aromatic carbocycles. The molecule has 15 rings (SSSR count). The molecule has 2 fully saturated rings. The van der Waals surface area contributed by atoms with Crippen LogP contribution >= 0.6 is 0 Å². The lowest BCUT2D eigenvalue weighted by atomic mass is 9.77. The molecule has 3 heterocycles. The first kappa shape index (κ1) is 72.8. The van der Waals surface area contributed by atoms with Crippen molar-refractivity contribution in [1.82, 2.24) is 50.6 Å². The molecule has 0 bridgehead atoms. The molecule has 1 spiro atoms. The molecule has 2 amide bonds. The van der Waals surface area contributed by atoms with E-state index in [9.17, 15) is 14.4 Å². The van der Waals surface area contributed by atoms with Gasteiger partial charge in [-0.3, -0.25) is 14.4 Å². The number of rotatable bonds is 24. The second kappa shape index (κ2) is 33.9. The summed E-state index contributed by atoms with van der Waals surface area (Å²) in [7, 11) is 0. The summed E-state index contributed by atoms with van der Waals surface area (Å²) in [5.74, 6) is 1.49. The summed E-state index contributed by atoms with van der Waals surface area (Å²) < 4.78 is 8.82. The predicted molar refractivity (Wildman–Crippen MR) is 419 cm³/mol. The van der Waals surface area contributed by atoms with Gasteiger partial charge in [-0.1, -0.05) is 331 Å². The van der Waals surface area contributed by atoms with Crippen LogP contribution in [0.25, 0.3) is 45.0 Å². The highest BCUT2D eigenvalue weighted by molar-refractivity contribution is 5.90. The number of hydrogen-bond donors (Lipinski definition) is 2. The van der Waals surface area contributed by atoms with Gasteiger partial charge in [-0.05, 0) is 146 Å². The van der Waals surface area contributed by atoms with Gasteiger partial charge in [0.05, 0.1) is 18.6 Å². The Bertz CT molecular complexity index is 4670. The molecule has 536 valence electrons. The smallest absolute Gasteiger partial charge is 0.326 e. The molecule has 0 unspecified atom stereocenters. The Balaban J connectivity index is 0.000000165. The Hall–Kier alpha value is -11.6. The van der Waals surface area contributed by atoms with E-state index in [1.807, 2.05) is 64.0 Å². The molecule has 15 heteroatoms. The van der Waals surface area contributed by atoms with Gasteiger partial charge in [0.1, 0.15) is 16.6 Å². The number of nitrogens with two attached hydrogens (primary N) is 1. The van der Waals surface area contributed by atoms with Gasteiger partial charge in [-0.25, -0.2) is 9.36 Å². The van der Waals surface area contributed by atoms with Gasteiger partial charge >= 0.3 is 5.97 Å². The Morgan fingerprint density at radius 3 is 1.22 bits per heavy atom. The van der Waals surface area contributed by atoms with Gasteiger partial charge in [0, 0.05) is 29.8 Å². The predicted octanol–water partition coefficient (Wildman–Crippen LogP) is 18.3. The van der Waals surface area contributed by atoms with Crippen LogP contribution in [-0.4, -0.2) is 75.2 Å². The molecule has 2 aromatic heterocycles. The van der Waals surface area contributed by atoms with E-state index < -0.39 is 16.6 Å². The molecule has 15 nitrogen and oxygen atoms in total. The third kappa shape index (κ3) is 15.2. The monoisotopic (exact) mass is 1400 g/mol. The zero-order valence-electron chi connectivity index (χ0n) is 60.9. The molecule has 1 aliphatic heterocycles. The fourth-order valence-electron chi connectivity index (χ4n) is 15.7. The van der Waals surface area contributed by atoms with Crippen molar-refractivity contribution in [2.75, 3.05) is 6.61 Å². The van der Waals surface area contributed by atoms with E-state index in [0.29, 0.717) is 43.7 Å². The fourth-order valence-corrected chi connectivity index (χ4v) is 15.7. The van der Waals surface area contributed by atoms with Crippen molar-refractivity contribution in [3.63, 3.8) is 0 Å². The number of hydrogen-bond acceptors (Lipinski definition) is 11. The number of esters is 1. The summed E-state index contributed by atoms with van der Waals surface area (Å²) in [6.07, 6.45) is 15.9. The number of ether oxygens (including phenoxy) is 1. The van der Waals surface area contributed by atoms with Crippen molar-refractivity contribution in [2.45, 2.75) is 140 Å². The SMILES string of the molecule is CCCCC(=O)NCc1ccc(-c2ccccc2-c2nnnn2C(c2ccccc2)(c2ccccc2)c2ccccc2)cc1.CCCCC1=CC2(CCCC2)C(=O)N1Cc1ccc(-c2ccccc2-c2nnnn2C(c2ccccc2)(c2ccccc2)c2ccccc2)cc1.CCOC(=O)C1(N)CCCC1. The average molecular weight is 1400 g/mol. The highest BCUT2D eigenvalue weighted by Gasteiger charge is 2.48. The molecule has 106 heavy (non-hydrogen) atoms. The molecule has 12 aromatic rings. The Kier molecular flexibility index (Phi) is 23.3. The number of tetrazole rings is 2. The van der Waals surface area contributed by atoms with Crippen molar-refractivity contribution in [3.8, 4) is 45.0 Å². The number of allylic oxidation sites excluding steroid dienone is 1. The molecular weight excluding hydrogens is 1310 g/mol. The summed E-state index contributed by atoms with van der Waals surface area (Å²) in [4.78, 5) is 39.3. The van der Waals surface area contributed by atoms with E-state index in [4.69, 9.17) is 26.0 Å². The minimum Gasteiger partial charge on any atom is -0.465 e. The van der Waals surface area contributed by atoms with Crippen molar-refractivity contribution < 1.29 is 19.1 Å². The van der Waals surface area contributed by atoms with E-state index in [1.54, 1.807) is 6.92 Å². The molecule has 2 saturated carbocycles. The quantitative estimate of drug-likeness (QED) is 0.0433. The highest BCUT2D eigenvalue weighted by Crippen LogP contribution is 2.49. The van der Waals surface area contributed by atoms with Gasteiger partial charge in [0.25, 0.3) is 0 Å².